The second-order valence-corrected chi connectivity index (χ2v) is 4.95. The Morgan fingerprint density at radius 3 is 2.95 bits per heavy atom. The van der Waals surface area contributed by atoms with E-state index in [1.165, 1.54) is 23.5 Å². The van der Waals surface area contributed by atoms with Gasteiger partial charge in [0.15, 0.2) is 0 Å². The van der Waals surface area contributed by atoms with Crippen molar-refractivity contribution in [2.45, 2.75) is 0 Å². The van der Waals surface area contributed by atoms with Gasteiger partial charge in [-0.3, -0.25) is 14.9 Å². The molecule has 2 rings (SSSR count). The van der Waals surface area contributed by atoms with Crippen LogP contribution in [0, 0.1) is 10.1 Å². The smallest absolute Gasteiger partial charge is 0.271 e. The van der Waals surface area contributed by atoms with Gasteiger partial charge < -0.3 is 5.32 Å². The number of non-ortho nitro benzene ring substituents is 1. The maximum atomic E-state index is 11.5. The molecule has 7 nitrogen and oxygen atoms in total. The van der Waals surface area contributed by atoms with Crippen LogP contribution in [-0.4, -0.2) is 23.6 Å². The van der Waals surface area contributed by atoms with Crippen molar-refractivity contribution in [3.8, 4) is 0 Å². The molecule has 1 heterocycles. The van der Waals surface area contributed by atoms with E-state index in [1.54, 1.807) is 18.3 Å². The highest BCUT2D eigenvalue weighted by Gasteiger charge is 2.06. The minimum absolute atomic E-state index is 0.0249. The van der Waals surface area contributed by atoms with Gasteiger partial charge in [0.2, 0.25) is 0 Å². The van der Waals surface area contributed by atoms with E-state index < -0.39 is 4.92 Å². The molecule has 0 bridgehead atoms. The zero-order chi connectivity index (χ0) is 15.1. The van der Waals surface area contributed by atoms with E-state index in [1.807, 2.05) is 17.5 Å². The summed E-state index contributed by atoms with van der Waals surface area (Å²) in [6.07, 6.45) is 1.55. The lowest BCUT2D eigenvalue weighted by molar-refractivity contribution is -0.384. The van der Waals surface area contributed by atoms with Crippen LogP contribution in [0.25, 0.3) is 0 Å². The van der Waals surface area contributed by atoms with Crippen LogP contribution in [0.5, 0.6) is 0 Å². The monoisotopic (exact) mass is 304 g/mol. The van der Waals surface area contributed by atoms with E-state index in [2.05, 4.69) is 15.8 Å². The minimum atomic E-state index is -0.490. The number of anilines is 1. The average Bonchev–Trinajstić information content (AvgIpc) is 2.99. The predicted octanol–water partition coefficient (Wildman–Crippen LogP) is 2.22. The van der Waals surface area contributed by atoms with Crippen LogP contribution in [-0.2, 0) is 4.79 Å². The van der Waals surface area contributed by atoms with Crippen molar-refractivity contribution in [2.24, 2.45) is 5.10 Å². The summed E-state index contributed by atoms with van der Waals surface area (Å²) in [6, 6.07) is 9.71. The molecule has 1 amide bonds. The van der Waals surface area contributed by atoms with E-state index in [0.717, 1.165) is 4.88 Å². The molecule has 0 unspecified atom stereocenters. The van der Waals surface area contributed by atoms with Gasteiger partial charge in [0, 0.05) is 22.7 Å². The first-order valence-electron chi connectivity index (χ1n) is 5.99. The molecule has 0 saturated heterocycles. The molecule has 0 radical (unpaired) electrons. The van der Waals surface area contributed by atoms with Crippen LogP contribution >= 0.6 is 11.3 Å². The first-order valence-corrected chi connectivity index (χ1v) is 6.87. The van der Waals surface area contributed by atoms with Gasteiger partial charge in [-0.25, -0.2) is 5.43 Å². The third-order valence-electron chi connectivity index (χ3n) is 2.43. The van der Waals surface area contributed by atoms with Crippen molar-refractivity contribution in [3.63, 3.8) is 0 Å². The fourth-order valence-corrected chi connectivity index (χ4v) is 2.07. The zero-order valence-corrected chi connectivity index (χ0v) is 11.7. The van der Waals surface area contributed by atoms with Gasteiger partial charge in [-0.1, -0.05) is 12.1 Å². The molecule has 0 spiro atoms. The molecule has 1 aromatic carbocycles. The maximum absolute atomic E-state index is 11.5. The number of hydrazone groups is 1. The van der Waals surface area contributed by atoms with Crippen molar-refractivity contribution in [1.82, 2.24) is 5.43 Å². The highest BCUT2D eigenvalue weighted by molar-refractivity contribution is 7.11. The number of nitro groups is 1. The second-order valence-electron chi connectivity index (χ2n) is 3.97. The molecule has 108 valence electrons. The minimum Gasteiger partial charge on any atom is -0.376 e. The van der Waals surface area contributed by atoms with Crippen molar-refractivity contribution >= 4 is 34.8 Å². The number of nitrogens with zero attached hydrogens (tertiary/aromatic N) is 2. The number of nitrogens with one attached hydrogen (secondary N) is 2. The van der Waals surface area contributed by atoms with E-state index in [-0.39, 0.29) is 18.1 Å². The third kappa shape index (κ3) is 4.69. The standard InChI is InChI=1S/C13H12N4O3S/c18-13(16-15-8-12-5-2-6-21-12)9-14-10-3-1-4-11(7-10)17(19)20/h1-8,14H,9H2,(H,16,18)/b15-8+. The molecular formula is C13H12N4O3S. The fraction of sp³-hybridized carbons (Fsp3) is 0.0769. The zero-order valence-electron chi connectivity index (χ0n) is 10.9. The number of carbonyl (C=O) groups is 1. The van der Waals surface area contributed by atoms with Gasteiger partial charge in [0.05, 0.1) is 17.7 Å². The largest absolute Gasteiger partial charge is 0.376 e. The number of nitro benzene ring substituents is 1. The number of rotatable bonds is 6. The van der Waals surface area contributed by atoms with E-state index in [0.29, 0.717) is 5.69 Å². The van der Waals surface area contributed by atoms with Crippen molar-refractivity contribution < 1.29 is 9.72 Å². The Hall–Kier alpha value is -2.74. The summed E-state index contributed by atoms with van der Waals surface area (Å²) in [5.74, 6) is -0.339. The van der Waals surface area contributed by atoms with Crippen LogP contribution in [0.4, 0.5) is 11.4 Å². The lowest BCUT2D eigenvalue weighted by Crippen LogP contribution is -2.25. The Morgan fingerprint density at radius 2 is 2.24 bits per heavy atom. The van der Waals surface area contributed by atoms with Gasteiger partial charge in [-0.15, -0.1) is 11.3 Å². The molecule has 0 aliphatic carbocycles. The molecule has 0 aliphatic heterocycles. The van der Waals surface area contributed by atoms with Crippen molar-refractivity contribution in [1.29, 1.82) is 0 Å². The second kappa shape index (κ2) is 7.15. The maximum Gasteiger partial charge on any atom is 0.271 e. The van der Waals surface area contributed by atoms with E-state index >= 15 is 0 Å². The van der Waals surface area contributed by atoms with E-state index in [4.69, 9.17) is 0 Å². The predicted molar refractivity (Wildman–Crippen MR) is 81.6 cm³/mol. The number of benzene rings is 1. The molecule has 8 heteroatoms. The lowest BCUT2D eigenvalue weighted by atomic mass is 10.3. The van der Waals surface area contributed by atoms with Crippen LogP contribution in [0.15, 0.2) is 46.9 Å². The Bertz CT molecular complexity index is 655. The normalized spacial score (nSPS) is 10.5. The lowest BCUT2D eigenvalue weighted by Gasteiger charge is -2.04. The molecular weight excluding hydrogens is 292 g/mol. The van der Waals surface area contributed by atoms with Crippen LogP contribution in [0.3, 0.4) is 0 Å². The highest BCUT2D eigenvalue weighted by atomic mass is 32.1. The number of carbonyl (C=O) groups excluding carboxylic acids is 1. The summed E-state index contributed by atoms with van der Waals surface area (Å²) >= 11 is 1.51. The number of hydrogen-bond donors (Lipinski definition) is 2. The SMILES string of the molecule is O=C(CNc1cccc([N+](=O)[O-])c1)N/N=C/c1cccs1. The molecule has 0 atom stereocenters. The number of thiophene rings is 1. The van der Waals surface area contributed by atoms with Crippen LogP contribution < -0.4 is 10.7 Å². The summed E-state index contributed by atoms with van der Waals surface area (Å²) in [5.41, 5.74) is 2.84. The van der Waals surface area contributed by atoms with Crippen LogP contribution in [0.1, 0.15) is 4.88 Å². The van der Waals surface area contributed by atoms with Gasteiger partial charge in [-0.2, -0.15) is 5.10 Å². The topological polar surface area (TPSA) is 96.6 Å². The Kier molecular flexibility index (Phi) is 4.99. The average molecular weight is 304 g/mol. The highest BCUT2D eigenvalue weighted by Crippen LogP contribution is 2.16. The molecule has 1 aromatic heterocycles. The molecule has 0 aliphatic rings. The summed E-state index contributed by atoms with van der Waals surface area (Å²) in [4.78, 5) is 22.6. The Labute approximate surface area is 124 Å². The molecule has 2 aromatic rings. The van der Waals surface area contributed by atoms with E-state index in [9.17, 15) is 14.9 Å². The summed E-state index contributed by atoms with van der Waals surface area (Å²) in [6.45, 7) is -0.0249. The Morgan fingerprint density at radius 1 is 1.38 bits per heavy atom. The Balaban J connectivity index is 1.81. The van der Waals surface area contributed by atoms with Gasteiger partial charge >= 0.3 is 0 Å². The van der Waals surface area contributed by atoms with Crippen molar-refractivity contribution in [3.05, 3.63) is 56.8 Å². The summed E-state index contributed by atoms with van der Waals surface area (Å²) in [5, 5.41) is 19.1. The number of amides is 1. The third-order valence-corrected chi connectivity index (χ3v) is 3.24. The fourth-order valence-electron chi connectivity index (χ4n) is 1.48. The van der Waals surface area contributed by atoms with Gasteiger partial charge in [-0.05, 0) is 17.5 Å². The molecule has 0 fully saturated rings. The molecule has 2 N–H and O–H groups in total. The van der Waals surface area contributed by atoms with Crippen molar-refractivity contribution in [2.75, 3.05) is 11.9 Å². The number of hydrogen-bond acceptors (Lipinski definition) is 6. The molecule has 0 saturated carbocycles. The first-order chi connectivity index (χ1) is 10.1. The van der Waals surface area contributed by atoms with Gasteiger partial charge in [0.25, 0.3) is 11.6 Å². The van der Waals surface area contributed by atoms with Gasteiger partial charge in [0.1, 0.15) is 0 Å². The first kappa shape index (κ1) is 14.7. The summed E-state index contributed by atoms with van der Waals surface area (Å²) < 4.78 is 0. The summed E-state index contributed by atoms with van der Waals surface area (Å²) in [7, 11) is 0. The molecule has 21 heavy (non-hydrogen) atoms. The quantitative estimate of drug-likeness (QED) is 0.486. The van der Waals surface area contributed by atoms with Crippen LogP contribution in [0.2, 0.25) is 0 Å².